The van der Waals surface area contributed by atoms with Crippen molar-refractivity contribution in [3.63, 3.8) is 0 Å². The van der Waals surface area contributed by atoms with Gasteiger partial charge in [-0.25, -0.2) is 0 Å². The van der Waals surface area contributed by atoms with Crippen LogP contribution in [0.5, 0.6) is 17.2 Å². The van der Waals surface area contributed by atoms with Crippen LogP contribution in [0.3, 0.4) is 0 Å². The third-order valence-corrected chi connectivity index (χ3v) is 5.58. The summed E-state index contributed by atoms with van der Waals surface area (Å²) in [6.07, 6.45) is 5.31. The largest absolute Gasteiger partial charge is 0.492 e. The normalized spacial score (nSPS) is 22.1. The predicted octanol–water partition coefficient (Wildman–Crippen LogP) is 2.55. The number of nitrogens with one attached hydrogen (secondary N) is 1. The first kappa shape index (κ1) is 21.3. The van der Waals surface area contributed by atoms with Gasteiger partial charge in [0.05, 0.1) is 6.54 Å². The predicted molar refractivity (Wildman–Crippen MR) is 120 cm³/mol. The highest BCUT2D eigenvalue weighted by Crippen LogP contribution is 2.35. The Hall–Kier alpha value is -1.42. The van der Waals surface area contributed by atoms with E-state index in [1.807, 2.05) is 25.2 Å². The van der Waals surface area contributed by atoms with Gasteiger partial charge in [-0.05, 0) is 44.5 Å². The Morgan fingerprint density at radius 3 is 2.82 bits per heavy atom. The smallest absolute Gasteiger partial charge is 0.231 e. The van der Waals surface area contributed by atoms with E-state index < -0.39 is 0 Å². The van der Waals surface area contributed by atoms with Crippen LogP contribution >= 0.6 is 24.0 Å². The molecule has 0 spiro atoms. The molecular formula is C20H31IN4O3. The molecule has 8 heteroatoms. The van der Waals surface area contributed by atoms with Crippen molar-refractivity contribution in [1.82, 2.24) is 15.1 Å². The number of fused-ring (bicyclic) bond motifs is 1. The van der Waals surface area contributed by atoms with Gasteiger partial charge >= 0.3 is 0 Å². The third-order valence-electron chi connectivity index (χ3n) is 5.58. The van der Waals surface area contributed by atoms with Gasteiger partial charge in [-0.15, -0.1) is 24.0 Å². The zero-order valence-electron chi connectivity index (χ0n) is 16.6. The molecule has 4 rings (SSSR count). The van der Waals surface area contributed by atoms with E-state index in [-0.39, 0.29) is 30.8 Å². The van der Waals surface area contributed by atoms with Crippen molar-refractivity contribution in [2.24, 2.45) is 4.99 Å². The topological polar surface area (TPSA) is 58.6 Å². The summed E-state index contributed by atoms with van der Waals surface area (Å²) in [5, 5.41) is 3.43. The highest BCUT2D eigenvalue weighted by Gasteiger charge is 2.29. The summed E-state index contributed by atoms with van der Waals surface area (Å²) < 4.78 is 16.5. The number of nitrogens with zero attached hydrogens (tertiary/aromatic N) is 3. The number of likely N-dealkylation sites (tertiary alicyclic amines) is 2. The molecule has 1 atom stereocenters. The lowest BCUT2D eigenvalue weighted by molar-refractivity contribution is 0.168. The fourth-order valence-electron chi connectivity index (χ4n) is 4.15. The molecule has 0 amide bonds. The Balaban J connectivity index is 0.00000225. The average Bonchev–Trinajstić information content (AvgIpc) is 3.38. The van der Waals surface area contributed by atoms with Crippen LogP contribution in [0.4, 0.5) is 0 Å². The lowest BCUT2D eigenvalue weighted by atomic mass is 10.1. The van der Waals surface area contributed by atoms with Gasteiger partial charge in [0.25, 0.3) is 0 Å². The molecule has 3 heterocycles. The van der Waals surface area contributed by atoms with Crippen LogP contribution in [0, 0.1) is 0 Å². The molecule has 3 aliphatic rings. The van der Waals surface area contributed by atoms with Gasteiger partial charge in [-0.3, -0.25) is 9.89 Å². The second-order valence-corrected chi connectivity index (χ2v) is 7.32. The van der Waals surface area contributed by atoms with Crippen molar-refractivity contribution in [2.45, 2.75) is 31.7 Å². The van der Waals surface area contributed by atoms with Crippen LogP contribution in [0.25, 0.3) is 0 Å². The SMILES string of the molecule is CN=C(NCCOc1ccc2c(c1)OCO2)N1CCC(N2CCCCC2)C1.I. The summed E-state index contributed by atoms with van der Waals surface area (Å²) in [5.74, 6) is 3.29. The highest BCUT2D eigenvalue weighted by molar-refractivity contribution is 14.0. The summed E-state index contributed by atoms with van der Waals surface area (Å²) in [4.78, 5) is 9.50. The summed E-state index contributed by atoms with van der Waals surface area (Å²) in [6, 6.07) is 6.34. The Morgan fingerprint density at radius 1 is 1.18 bits per heavy atom. The second-order valence-electron chi connectivity index (χ2n) is 7.32. The fourth-order valence-corrected chi connectivity index (χ4v) is 4.15. The maximum Gasteiger partial charge on any atom is 0.231 e. The van der Waals surface area contributed by atoms with E-state index in [0.29, 0.717) is 19.2 Å². The molecule has 1 aromatic rings. The first-order valence-electron chi connectivity index (χ1n) is 10.1. The molecule has 2 fully saturated rings. The number of hydrogen-bond acceptors (Lipinski definition) is 5. The minimum Gasteiger partial charge on any atom is -0.492 e. The van der Waals surface area contributed by atoms with E-state index in [1.165, 1.54) is 38.8 Å². The zero-order chi connectivity index (χ0) is 18.5. The first-order valence-corrected chi connectivity index (χ1v) is 10.1. The van der Waals surface area contributed by atoms with Gasteiger partial charge in [0, 0.05) is 32.2 Å². The van der Waals surface area contributed by atoms with Crippen molar-refractivity contribution in [1.29, 1.82) is 0 Å². The molecule has 2 saturated heterocycles. The number of hydrogen-bond donors (Lipinski definition) is 1. The van der Waals surface area contributed by atoms with Gasteiger partial charge in [0.15, 0.2) is 17.5 Å². The van der Waals surface area contributed by atoms with E-state index in [0.717, 1.165) is 36.3 Å². The van der Waals surface area contributed by atoms with Gasteiger partial charge < -0.3 is 24.4 Å². The Bertz CT molecular complexity index is 667. The minimum absolute atomic E-state index is 0. The summed E-state index contributed by atoms with van der Waals surface area (Å²) >= 11 is 0. The van der Waals surface area contributed by atoms with E-state index in [2.05, 4.69) is 20.1 Å². The van der Waals surface area contributed by atoms with E-state index in [4.69, 9.17) is 14.2 Å². The highest BCUT2D eigenvalue weighted by atomic mass is 127. The average molecular weight is 502 g/mol. The Kier molecular flexibility index (Phi) is 7.90. The van der Waals surface area contributed by atoms with Gasteiger partial charge in [-0.2, -0.15) is 0 Å². The molecule has 0 aromatic heterocycles. The number of benzene rings is 1. The number of piperidine rings is 1. The van der Waals surface area contributed by atoms with Crippen molar-refractivity contribution in [3.05, 3.63) is 18.2 Å². The molecule has 0 bridgehead atoms. The lowest BCUT2D eigenvalue weighted by Crippen LogP contribution is -2.45. The summed E-state index contributed by atoms with van der Waals surface area (Å²) in [7, 11) is 1.86. The van der Waals surface area contributed by atoms with Crippen LogP contribution in [-0.2, 0) is 0 Å². The Labute approximate surface area is 184 Å². The number of guanidine groups is 1. The Morgan fingerprint density at radius 2 is 2.00 bits per heavy atom. The maximum atomic E-state index is 5.83. The van der Waals surface area contributed by atoms with Gasteiger partial charge in [0.2, 0.25) is 6.79 Å². The van der Waals surface area contributed by atoms with E-state index >= 15 is 0 Å². The summed E-state index contributed by atoms with van der Waals surface area (Å²) in [6.45, 7) is 6.23. The van der Waals surface area contributed by atoms with Gasteiger partial charge in [-0.1, -0.05) is 6.42 Å². The van der Waals surface area contributed by atoms with Gasteiger partial charge in [0.1, 0.15) is 12.4 Å². The van der Waals surface area contributed by atoms with Crippen molar-refractivity contribution >= 4 is 29.9 Å². The standard InChI is InChI=1S/C20H30N4O3.HI/c1-21-20(24-11-7-16(14-24)23-9-3-2-4-10-23)22-8-12-25-17-5-6-18-19(13-17)27-15-26-18;/h5-6,13,16H,2-4,7-12,14-15H2,1H3,(H,21,22);1H. The number of rotatable bonds is 5. The molecule has 1 unspecified atom stereocenters. The van der Waals surface area contributed by atoms with Crippen LogP contribution in [0.15, 0.2) is 23.2 Å². The molecule has 156 valence electrons. The molecule has 1 aromatic carbocycles. The fraction of sp³-hybridized carbons (Fsp3) is 0.650. The van der Waals surface area contributed by atoms with Crippen LogP contribution in [0.1, 0.15) is 25.7 Å². The second kappa shape index (κ2) is 10.4. The monoisotopic (exact) mass is 502 g/mol. The van der Waals surface area contributed by atoms with Crippen molar-refractivity contribution in [3.8, 4) is 17.2 Å². The van der Waals surface area contributed by atoms with E-state index in [1.54, 1.807) is 0 Å². The molecule has 1 N–H and O–H groups in total. The van der Waals surface area contributed by atoms with Crippen LogP contribution < -0.4 is 19.5 Å². The van der Waals surface area contributed by atoms with E-state index in [9.17, 15) is 0 Å². The number of aliphatic imine (C=N–C) groups is 1. The minimum atomic E-state index is 0. The lowest BCUT2D eigenvalue weighted by Gasteiger charge is -2.32. The first-order chi connectivity index (χ1) is 13.3. The zero-order valence-corrected chi connectivity index (χ0v) is 18.9. The molecule has 0 aliphatic carbocycles. The molecule has 0 radical (unpaired) electrons. The molecule has 28 heavy (non-hydrogen) atoms. The number of ether oxygens (including phenoxy) is 3. The molecule has 7 nitrogen and oxygen atoms in total. The van der Waals surface area contributed by atoms with Crippen molar-refractivity contribution in [2.75, 3.05) is 53.2 Å². The van der Waals surface area contributed by atoms with Crippen LogP contribution in [-0.4, -0.2) is 75.0 Å². The molecule has 0 saturated carbocycles. The molecular weight excluding hydrogens is 471 g/mol. The van der Waals surface area contributed by atoms with Crippen LogP contribution in [0.2, 0.25) is 0 Å². The van der Waals surface area contributed by atoms with Crippen molar-refractivity contribution < 1.29 is 14.2 Å². The third kappa shape index (κ3) is 5.14. The number of halogens is 1. The maximum absolute atomic E-state index is 5.83. The quantitative estimate of drug-likeness (QED) is 0.289. The molecule has 3 aliphatic heterocycles. The summed E-state index contributed by atoms with van der Waals surface area (Å²) in [5.41, 5.74) is 0.